The lowest BCUT2D eigenvalue weighted by molar-refractivity contribution is -0.134. The molecule has 154 valence electrons. The Bertz CT molecular complexity index is 977. The van der Waals surface area contributed by atoms with Crippen LogP contribution in [0.2, 0.25) is 0 Å². The number of carbonyl (C=O) groups is 1. The molecule has 1 N–H and O–H groups in total. The number of benzene rings is 1. The zero-order chi connectivity index (χ0) is 20.8. The van der Waals surface area contributed by atoms with Crippen molar-refractivity contribution in [3.05, 3.63) is 84.4 Å². The molecule has 0 aliphatic carbocycles. The molecule has 2 aromatic heterocycles. The molecule has 3 aromatic rings. The third-order valence-corrected chi connectivity index (χ3v) is 5.96. The fourth-order valence-corrected chi connectivity index (χ4v) is 4.55. The fraction of sp³-hybridized carbons (Fsp3) is 0.320. The van der Waals surface area contributed by atoms with Crippen molar-refractivity contribution in [1.82, 2.24) is 20.2 Å². The summed E-state index contributed by atoms with van der Waals surface area (Å²) >= 11 is 0. The summed E-state index contributed by atoms with van der Waals surface area (Å²) in [5.74, 6) is 0.127. The van der Waals surface area contributed by atoms with Gasteiger partial charge in [-0.1, -0.05) is 30.3 Å². The van der Waals surface area contributed by atoms with E-state index in [0.717, 1.165) is 55.7 Å². The molecule has 30 heavy (non-hydrogen) atoms. The predicted molar refractivity (Wildman–Crippen MR) is 119 cm³/mol. The van der Waals surface area contributed by atoms with Gasteiger partial charge in [-0.3, -0.25) is 19.7 Å². The lowest BCUT2D eigenvalue weighted by Gasteiger charge is -2.41. The van der Waals surface area contributed by atoms with Gasteiger partial charge in [0, 0.05) is 38.7 Å². The van der Waals surface area contributed by atoms with E-state index in [1.807, 2.05) is 48.9 Å². The van der Waals surface area contributed by atoms with E-state index in [1.165, 1.54) is 5.56 Å². The first kappa shape index (κ1) is 20.2. The number of likely N-dealkylation sites (tertiary alicyclic amines) is 1. The number of pyridine rings is 2. The fourth-order valence-electron chi connectivity index (χ4n) is 4.55. The lowest BCUT2D eigenvalue weighted by Crippen LogP contribution is -2.52. The zero-order valence-electron chi connectivity index (χ0n) is 17.4. The van der Waals surface area contributed by atoms with E-state index in [2.05, 4.69) is 44.5 Å². The van der Waals surface area contributed by atoms with E-state index in [4.69, 9.17) is 0 Å². The average molecular weight is 401 g/mol. The molecular formula is C25H28N4O. The monoisotopic (exact) mass is 400 g/mol. The van der Waals surface area contributed by atoms with Crippen molar-refractivity contribution in [3.63, 3.8) is 0 Å². The minimum Gasteiger partial charge on any atom is -0.359 e. The Balaban J connectivity index is 1.57. The zero-order valence-corrected chi connectivity index (χ0v) is 17.4. The van der Waals surface area contributed by atoms with Crippen LogP contribution in [0.25, 0.3) is 11.1 Å². The summed E-state index contributed by atoms with van der Waals surface area (Å²) < 4.78 is 0. The van der Waals surface area contributed by atoms with Crippen molar-refractivity contribution >= 4 is 5.91 Å². The third-order valence-electron chi connectivity index (χ3n) is 5.96. The van der Waals surface area contributed by atoms with Crippen LogP contribution >= 0.6 is 0 Å². The average Bonchev–Trinajstić information content (AvgIpc) is 2.80. The smallest absolute Gasteiger partial charge is 0.227 e. The molecule has 1 aliphatic rings. The first-order valence-corrected chi connectivity index (χ1v) is 10.5. The predicted octanol–water partition coefficient (Wildman–Crippen LogP) is 3.71. The quantitative estimate of drug-likeness (QED) is 0.685. The molecule has 1 aliphatic heterocycles. The van der Waals surface area contributed by atoms with Crippen molar-refractivity contribution in [1.29, 1.82) is 0 Å². The van der Waals surface area contributed by atoms with E-state index in [1.54, 1.807) is 7.05 Å². The van der Waals surface area contributed by atoms with Gasteiger partial charge in [0.1, 0.15) is 0 Å². The first-order chi connectivity index (χ1) is 14.7. The first-order valence-electron chi connectivity index (χ1n) is 10.5. The van der Waals surface area contributed by atoms with Crippen molar-refractivity contribution in [2.24, 2.45) is 5.41 Å². The van der Waals surface area contributed by atoms with Crippen molar-refractivity contribution in [2.75, 3.05) is 20.1 Å². The van der Waals surface area contributed by atoms with Gasteiger partial charge in [0.2, 0.25) is 5.91 Å². The second-order valence-corrected chi connectivity index (χ2v) is 8.11. The molecule has 0 bridgehead atoms. The molecule has 4 rings (SSSR count). The van der Waals surface area contributed by atoms with E-state index in [9.17, 15) is 4.79 Å². The number of amides is 1. The van der Waals surface area contributed by atoms with Gasteiger partial charge >= 0.3 is 0 Å². The van der Waals surface area contributed by atoms with Gasteiger partial charge in [0.25, 0.3) is 0 Å². The lowest BCUT2D eigenvalue weighted by atomic mass is 9.74. The van der Waals surface area contributed by atoms with Crippen LogP contribution in [0.5, 0.6) is 0 Å². The van der Waals surface area contributed by atoms with Gasteiger partial charge in [-0.25, -0.2) is 0 Å². The normalized spacial score (nSPS) is 19.4. The maximum Gasteiger partial charge on any atom is 0.227 e. The summed E-state index contributed by atoms with van der Waals surface area (Å²) in [6.07, 6.45) is 8.07. The molecule has 3 heterocycles. The Morgan fingerprint density at radius 3 is 2.70 bits per heavy atom. The van der Waals surface area contributed by atoms with Crippen molar-refractivity contribution in [3.8, 4) is 11.1 Å². The van der Waals surface area contributed by atoms with Gasteiger partial charge in [-0.15, -0.1) is 0 Å². The highest BCUT2D eigenvalue weighted by molar-refractivity contribution is 5.83. The second kappa shape index (κ2) is 9.18. The molecule has 1 aromatic carbocycles. The van der Waals surface area contributed by atoms with Crippen LogP contribution in [0.4, 0.5) is 0 Å². The summed E-state index contributed by atoms with van der Waals surface area (Å²) in [6, 6.07) is 18.6. The number of nitrogens with one attached hydrogen (secondary N) is 1. The molecule has 5 nitrogen and oxygen atoms in total. The van der Waals surface area contributed by atoms with Gasteiger partial charge < -0.3 is 5.32 Å². The van der Waals surface area contributed by atoms with Gasteiger partial charge in [0.05, 0.1) is 11.1 Å². The number of aromatic nitrogens is 2. The number of hydrogen-bond acceptors (Lipinski definition) is 4. The van der Waals surface area contributed by atoms with E-state index < -0.39 is 5.41 Å². The minimum atomic E-state index is -0.432. The Labute approximate surface area is 178 Å². The summed E-state index contributed by atoms with van der Waals surface area (Å²) in [4.78, 5) is 24.0. The van der Waals surface area contributed by atoms with Crippen LogP contribution in [0.1, 0.15) is 24.1 Å². The van der Waals surface area contributed by atoms with Crippen LogP contribution in [0.15, 0.2) is 73.2 Å². The molecular weight excluding hydrogens is 372 g/mol. The Morgan fingerprint density at radius 2 is 1.93 bits per heavy atom. The molecule has 0 radical (unpaired) electrons. The van der Waals surface area contributed by atoms with Gasteiger partial charge in [-0.2, -0.15) is 0 Å². The molecule has 1 fully saturated rings. The van der Waals surface area contributed by atoms with E-state index in [0.29, 0.717) is 0 Å². The van der Waals surface area contributed by atoms with Crippen LogP contribution in [0, 0.1) is 5.41 Å². The largest absolute Gasteiger partial charge is 0.359 e. The number of carbonyl (C=O) groups excluding carboxylic acids is 1. The van der Waals surface area contributed by atoms with Crippen LogP contribution in [-0.4, -0.2) is 40.9 Å². The summed E-state index contributed by atoms with van der Waals surface area (Å²) in [5, 5.41) is 2.94. The number of piperidine rings is 1. The second-order valence-electron chi connectivity index (χ2n) is 8.11. The number of nitrogens with zero attached hydrogens (tertiary/aromatic N) is 3. The van der Waals surface area contributed by atoms with Gasteiger partial charge in [-0.05, 0) is 66.8 Å². The topological polar surface area (TPSA) is 58.1 Å². The van der Waals surface area contributed by atoms with Crippen molar-refractivity contribution < 1.29 is 4.79 Å². The minimum absolute atomic E-state index is 0.127. The Morgan fingerprint density at radius 1 is 1.07 bits per heavy atom. The molecule has 1 saturated heterocycles. The SMILES string of the molecule is CNC(=O)C1(Cc2cccc(-c3ccncc3)c2)CCCN(Cc2ccccn2)C1. The highest BCUT2D eigenvalue weighted by atomic mass is 16.2. The molecule has 5 heteroatoms. The maximum atomic E-state index is 13.1. The van der Waals surface area contributed by atoms with E-state index >= 15 is 0 Å². The maximum absolute atomic E-state index is 13.1. The van der Waals surface area contributed by atoms with Crippen LogP contribution in [-0.2, 0) is 17.8 Å². The van der Waals surface area contributed by atoms with Gasteiger partial charge in [0.15, 0.2) is 0 Å². The number of hydrogen-bond donors (Lipinski definition) is 1. The summed E-state index contributed by atoms with van der Waals surface area (Å²) in [6.45, 7) is 2.51. The molecule has 1 amide bonds. The highest BCUT2D eigenvalue weighted by Gasteiger charge is 2.41. The van der Waals surface area contributed by atoms with Crippen LogP contribution in [0.3, 0.4) is 0 Å². The van der Waals surface area contributed by atoms with Crippen LogP contribution < -0.4 is 5.32 Å². The standard InChI is InChI=1S/C25H28N4O/c1-26-24(30)25(11-5-15-29(19-25)18-23-8-2-3-12-28-23)17-20-6-4-7-22(16-20)21-9-13-27-14-10-21/h2-4,6-10,12-14,16H,5,11,15,17-19H2,1H3,(H,26,30). The summed E-state index contributed by atoms with van der Waals surface area (Å²) in [5.41, 5.74) is 4.10. The Hall–Kier alpha value is -3.05. The molecule has 1 atom stereocenters. The molecule has 1 unspecified atom stereocenters. The van der Waals surface area contributed by atoms with Crippen molar-refractivity contribution in [2.45, 2.75) is 25.8 Å². The number of rotatable bonds is 6. The molecule has 0 spiro atoms. The molecule has 0 saturated carbocycles. The summed E-state index contributed by atoms with van der Waals surface area (Å²) in [7, 11) is 1.75. The highest BCUT2D eigenvalue weighted by Crippen LogP contribution is 2.35. The van der Waals surface area contributed by atoms with E-state index in [-0.39, 0.29) is 5.91 Å². The Kier molecular flexibility index (Phi) is 6.19. The third kappa shape index (κ3) is 4.57.